The molecule has 0 amide bonds. The second kappa shape index (κ2) is 9.29. The number of nitrogens with zero attached hydrogens (tertiary/aromatic N) is 1. The highest BCUT2D eigenvalue weighted by molar-refractivity contribution is 5.93. The molecule has 0 radical (unpaired) electrons. The van der Waals surface area contributed by atoms with Gasteiger partial charge in [0.1, 0.15) is 11.6 Å². The topological polar surface area (TPSA) is 37.0 Å². The lowest BCUT2D eigenvalue weighted by molar-refractivity contribution is 0.740. The van der Waals surface area contributed by atoms with Crippen LogP contribution in [0.15, 0.2) is 30.3 Å². The molecule has 22 heavy (non-hydrogen) atoms. The minimum absolute atomic E-state index is 0.979. The number of rotatable bonds is 10. The van der Waals surface area contributed by atoms with Crippen molar-refractivity contribution in [3.8, 4) is 0 Å². The molecule has 0 unspecified atom stereocenters. The number of benzene rings is 1. The second-order valence-electron chi connectivity index (χ2n) is 5.85. The first-order valence-electron chi connectivity index (χ1n) is 8.72. The smallest absolute Gasteiger partial charge is 0.136 e. The van der Waals surface area contributed by atoms with Crippen LogP contribution >= 0.6 is 0 Å². The Kier molecular flexibility index (Phi) is 7.01. The number of pyridine rings is 1. The first kappa shape index (κ1) is 16.6. The molecule has 2 rings (SSSR count). The Morgan fingerprint density at radius 3 is 2.27 bits per heavy atom. The van der Waals surface area contributed by atoms with Gasteiger partial charge in [0.2, 0.25) is 0 Å². The quantitative estimate of drug-likeness (QED) is 0.574. The Morgan fingerprint density at radius 1 is 0.864 bits per heavy atom. The van der Waals surface area contributed by atoms with Crippen LogP contribution in [0.1, 0.15) is 52.4 Å². The Balaban J connectivity index is 2.09. The molecule has 120 valence electrons. The fraction of sp³-hybridized carbons (Fsp3) is 0.526. The second-order valence-corrected chi connectivity index (χ2v) is 5.85. The molecule has 0 atom stereocenters. The Bertz CT molecular complexity index is 566. The first-order valence-corrected chi connectivity index (χ1v) is 8.72. The highest BCUT2D eigenvalue weighted by Gasteiger charge is 2.05. The third kappa shape index (κ3) is 4.90. The minimum Gasteiger partial charge on any atom is -0.370 e. The normalized spacial score (nSPS) is 10.8. The molecular weight excluding hydrogens is 270 g/mol. The van der Waals surface area contributed by atoms with Crippen LogP contribution in [0.3, 0.4) is 0 Å². The van der Waals surface area contributed by atoms with E-state index < -0.39 is 0 Å². The molecule has 1 aromatic carbocycles. The lowest BCUT2D eigenvalue weighted by Crippen LogP contribution is -2.08. The summed E-state index contributed by atoms with van der Waals surface area (Å²) in [5.74, 6) is 1.99. The first-order chi connectivity index (χ1) is 10.8. The highest BCUT2D eigenvalue weighted by atomic mass is 15.1. The average molecular weight is 299 g/mol. The van der Waals surface area contributed by atoms with E-state index in [4.69, 9.17) is 4.98 Å². The van der Waals surface area contributed by atoms with Crippen molar-refractivity contribution < 1.29 is 0 Å². The van der Waals surface area contributed by atoms with Gasteiger partial charge in [0.25, 0.3) is 0 Å². The fourth-order valence-electron chi connectivity index (χ4n) is 2.60. The van der Waals surface area contributed by atoms with Crippen molar-refractivity contribution >= 4 is 22.4 Å². The zero-order chi connectivity index (χ0) is 15.6. The van der Waals surface area contributed by atoms with Crippen LogP contribution in [0.25, 0.3) is 10.8 Å². The van der Waals surface area contributed by atoms with Gasteiger partial charge in [0.15, 0.2) is 0 Å². The van der Waals surface area contributed by atoms with Crippen molar-refractivity contribution in [1.29, 1.82) is 0 Å². The summed E-state index contributed by atoms with van der Waals surface area (Å²) in [5.41, 5.74) is 0. The molecular formula is C19H29N3. The third-order valence-corrected chi connectivity index (χ3v) is 3.90. The maximum atomic E-state index is 4.77. The lowest BCUT2D eigenvalue weighted by Gasteiger charge is -2.12. The molecule has 3 heteroatoms. The van der Waals surface area contributed by atoms with Crippen LogP contribution in [0.5, 0.6) is 0 Å². The van der Waals surface area contributed by atoms with Gasteiger partial charge < -0.3 is 10.6 Å². The summed E-state index contributed by atoms with van der Waals surface area (Å²) < 4.78 is 0. The van der Waals surface area contributed by atoms with Crippen molar-refractivity contribution in [3.05, 3.63) is 30.3 Å². The summed E-state index contributed by atoms with van der Waals surface area (Å²) in [6, 6.07) is 10.6. The van der Waals surface area contributed by atoms with Gasteiger partial charge in [0, 0.05) is 18.5 Å². The zero-order valence-corrected chi connectivity index (χ0v) is 14.0. The zero-order valence-electron chi connectivity index (χ0n) is 14.0. The summed E-state index contributed by atoms with van der Waals surface area (Å²) >= 11 is 0. The molecule has 1 heterocycles. The number of nitrogens with one attached hydrogen (secondary N) is 2. The SMILES string of the molecule is CCCCCNc1cc2ccccc2c(NCCCCC)n1. The number of hydrogen-bond acceptors (Lipinski definition) is 3. The van der Waals surface area contributed by atoms with E-state index in [1.807, 2.05) is 0 Å². The molecule has 1 aromatic heterocycles. The summed E-state index contributed by atoms with van der Waals surface area (Å²) in [6.45, 7) is 6.44. The van der Waals surface area contributed by atoms with Gasteiger partial charge in [0.05, 0.1) is 0 Å². The van der Waals surface area contributed by atoms with Crippen LogP contribution < -0.4 is 10.6 Å². The van der Waals surface area contributed by atoms with Crippen molar-refractivity contribution in [2.75, 3.05) is 23.7 Å². The molecule has 0 aliphatic heterocycles. The molecule has 0 bridgehead atoms. The highest BCUT2D eigenvalue weighted by Crippen LogP contribution is 2.24. The Hall–Kier alpha value is -1.77. The van der Waals surface area contributed by atoms with Gasteiger partial charge in [-0.2, -0.15) is 0 Å². The van der Waals surface area contributed by atoms with Gasteiger partial charge in [-0.15, -0.1) is 0 Å². The maximum absolute atomic E-state index is 4.77. The molecule has 0 aliphatic carbocycles. The largest absolute Gasteiger partial charge is 0.370 e. The van der Waals surface area contributed by atoms with Crippen molar-refractivity contribution in [2.45, 2.75) is 52.4 Å². The van der Waals surface area contributed by atoms with E-state index >= 15 is 0 Å². The van der Waals surface area contributed by atoms with E-state index in [2.05, 4.69) is 54.8 Å². The van der Waals surface area contributed by atoms with Crippen molar-refractivity contribution in [2.24, 2.45) is 0 Å². The summed E-state index contributed by atoms with van der Waals surface area (Å²) in [5, 5.41) is 9.43. The molecule has 2 N–H and O–H groups in total. The van der Waals surface area contributed by atoms with E-state index in [-0.39, 0.29) is 0 Å². The number of unbranched alkanes of at least 4 members (excludes halogenated alkanes) is 4. The van der Waals surface area contributed by atoms with Crippen LogP contribution in [0.4, 0.5) is 11.6 Å². The molecule has 0 saturated carbocycles. The van der Waals surface area contributed by atoms with Gasteiger partial charge in [-0.1, -0.05) is 63.8 Å². The van der Waals surface area contributed by atoms with E-state index in [0.717, 1.165) is 24.7 Å². The fourth-order valence-corrected chi connectivity index (χ4v) is 2.60. The van der Waals surface area contributed by atoms with Gasteiger partial charge in [-0.05, 0) is 24.3 Å². The minimum atomic E-state index is 0.979. The van der Waals surface area contributed by atoms with Crippen LogP contribution in [-0.2, 0) is 0 Å². The monoisotopic (exact) mass is 299 g/mol. The molecule has 0 fully saturated rings. The molecule has 0 saturated heterocycles. The molecule has 2 aromatic rings. The standard InChI is InChI=1S/C19H29N3/c1-3-5-9-13-20-18-15-16-11-7-8-12-17(16)19(22-18)21-14-10-6-4-2/h7-8,11-12,15H,3-6,9-10,13-14H2,1-2H3,(H2,20,21,22). The molecule has 3 nitrogen and oxygen atoms in total. The summed E-state index contributed by atoms with van der Waals surface area (Å²) in [6.07, 6.45) is 7.42. The molecule has 0 aliphatic rings. The number of fused-ring (bicyclic) bond motifs is 1. The van der Waals surface area contributed by atoms with Gasteiger partial charge in [-0.3, -0.25) is 0 Å². The predicted octanol–water partition coefficient (Wildman–Crippen LogP) is 5.44. The van der Waals surface area contributed by atoms with Crippen molar-refractivity contribution in [1.82, 2.24) is 4.98 Å². The molecule has 0 spiro atoms. The van der Waals surface area contributed by atoms with Crippen LogP contribution in [-0.4, -0.2) is 18.1 Å². The number of hydrogen-bond donors (Lipinski definition) is 2. The van der Waals surface area contributed by atoms with Crippen LogP contribution in [0.2, 0.25) is 0 Å². The predicted molar refractivity (Wildman–Crippen MR) is 97.8 cm³/mol. The van der Waals surface area contributed by atoms with E-state index in [0.29, 0.717) is 0 Å². The van der Waals surface area contributed by atoms with E-state index in [1.165, 1.54) is 49.3 Å². The Morgan fingerprint density at radius 2 is 1.55 bits per heavy atom. The number of anilines is 2. The lowest BCUT2D eigenvalue weighted by atomic mass is 10.1. The van der Waals surface area contributed by atoms with Gasteiger partial charge in [-0.25, -0.2) is 4.98 Å². The summed E-state index contributed by atoms with van der Waals surface area (Å²) in [4.78, 5) is 4.77. The van der Waals surface area contributed by atoms with E-state index in [9.17, 15) is 0 Å². The van der Waals surface area contributed by atoms with Gasteiger partial charge >= 0.3 is 0 Å². The average Bonchev–Trinajstić information content (AvgIpc) is 2.55. The summed E-state index contributed by atoms with van der Waals surface area (Å²) in [7, 11) is 0. The van der Waals surface area contributed by atoms with Crippen LogP contribution in [0, 0.1) is 0 Å². The Labute approximate surface area is 134 Å². The van der Waals surface area contributed by atoms with E-state index in [1.54, 1.807) is 0 Å². The van der Waals surface area contributed by atoms with Crippen molar-refractivity contribution in [3.63, 3.8) is 0 Å². The maximum Gasteiger partial charge on any atom is 0.136 e. The third-order valence-electron chi connectivity index (χ3n) is 3.90. The number of aromatic nitrogens is 1.